The predicted octanol–water partition coefficient (Wildman–Crippen LogP) is 1.32. The van der Waals surface area contributed by atoms with Gasteiger partial charge in [0.1, 0.15) is 0 Å². The SMILES string of the molecule is COC(=O)CSc1cc(Br)ccc1C=NN=C(N)N. The van der Waals surface area contributed by atoms with Crippen LogP contribution in [0.1, 0.15) is 5.56 Å². The summed E-state index contributed by atoms with van der Waals surface area (Å²) < 4.78 is 5.50. The number of methoxy groups -OCH3 is 1. The van der Waals surface area contributed by atoms with Gasteiger partial charge in [-0.15, -0.1) is 16.9 Å². The summed E-state index contributed by atoms with van der Waals surface area (Å²) in [6.45, 7) is 0. The molecule has 8 heteroatoms. The molecule has 19 heavy (non-hydrogen) atoms. The molecule has 102 valence electrons. The van der Waals surface area contributed by atoms with Crippen LogP contribution in [-0.4, -0.2) is 31.0 Å². The van der Waals surface area contributed by atoms with Gasteiger partial charge < -0.3 is 16.2 Å². The van der Waals surface area contributed by atoms with Crippen molar-refractivity contribution in [2.75, 3.05) is 12.9 Å². The van der Waals surface area contributed by atoms with E-state index >= 15 is 0 Å². The molecule has 0 radical (unpaired) electrons. The maximum atomic E-state index is 11.1. The number of carbonyl (C=O) groups is 1. The first-order valence-electron chi connectivity index (χ1n) is 5.14. The van der Waals surface area contributed by atoms with Gasteiger partial charge in [-0.2, -0.15) is 5.10 Å². The lowest BCUT2D eigenvalue weighted by Crippen LogP contribution is -2.21. The molecule has 0 saturated heterocycles. The van der Waals surface area contributed by atoms with Crippen molar-refractivity contribution >= 4 is 45.8 Å². The van der Waals surface area contributed by atoms with Crippen molar-refractivity contribution in [1.29, 1.82) is 0 Å². The molecule has 6 nitrogen and oxygen atoms in total. The Labute approximate surface area is 123 Å². The van der Waals surface area contributed by atoms with Crippen LogP contribution in [0.3, 0.4) is 0 Å². The maximum absolute atomic E-state index is 11.1. The van der Waals surface area contributed by atoms with Gasteiger partial charge in [0.05, 0.1) is 19.1 Å². The first kappa shape index (κ1) is 15.5. The summed E-state index contributed by atoms with van der Waals surface area (Å²) in [6.07, 6.45) is 1.52. The Morgan fingerprint density at radius 2 is 2.26 bits per heavy atom. The summed E-state index contributed by atoms with van der Waals surface area (Å²) in [5.74, 6) is -0.190. The molecule has 0 atom stereocenters. The van der Waals surface area contributed by atoms with Gasteiger partial charge in [-0.3, -0.25) is 4.79 Å². The Morgan fingerprint density at radius 1 is 1.53 bits per heavy atom. The molecule has 1 aromatic rings. The molecule has 0 aliphatic rings. The van der Waals surface area contributed by atoms with Crippen LogP contribution < -0.4 is 11.5 Å². The standard InChI is InChI=1S/C11H13BrN4O2S/c1-18-10(17)6-19-9-4-8(12)3-2-7(9)5-15-16-11(13)14/h2-5H,6H2,1H3,(H4,13,14,16). The van der Waals surface area contributed by atoms with Crippen LogP contribution in [0, 0.1) is 0 Å². The Morgan fingerprint density at radius 3 is 2.89 bits per heavy atom. The summed E-state index contributed by atoms with van der Waals surface area (Å²) >= 11 is 4.72. The number of ether oxygens (including phenoxy) is 1. The molecule has 0 aliphatic carbocycles. The van der Waals surface area contributed by atoms with Crippen LogP contribution in [0.4, 0.5) is 0 Å². The second-order valence-corrected chi connectivity index (χ2v) is 5.25. The van der Waals surface area contributed by atoms with E-state index in [2.05, 4.69) is 30.9 Å². The Hall–Kier alpha value is -1.54. The average Bonchev–Trinajstić information content (AvgIpc) is 2.37. The van der Waals surface area contributed by atoms with Crippen LogP contribution in [0.5, 0.6) is 0 Å². The van der Waals surface area contributed by atoms with Crippen LogP contribution in [0.25, 0.3) is 0 Å². The number of esters is 1. The molecule has 0 heterocycles. The molecule has 0 spiro atoms. The number of rotatable bonds is 5. The number of halogens is 1. The van der Waals surface area contributed by atoms with E-state index in [1.807, 2.05) is 18.2 Å². The van der Waals surface area contributed by atoms with Gasteiger partial charge in [0.25, 0.3) is 0 Å². The lowest BCUT2D eigenvalue weighted by atomic mass is 10.2. The molecule has 0 amide bonds. The van der Waals surface area contributed by atoms with Crippen molar-refractivity contribution in [3.8, 4) is 0 Å². The van der Waals surface area contributed by atoms with Crippen LogP contribution >= 0.6 is 27.7 Å². The number of guanidine groups is 1. The van der Waals surface area contributed by atoms with Crippen LogP contribution in [0.2, 0.25) is 0 Å². The minimum atomic E-state index is -0.294. The van der Waals surface area contributed by atoms with Gasteiger partial charge in [0.2, 0.25) is 5.96 Å². The normalized spacial score (nSPS) is 10.4. The van der Waals surface area contributed by atoms with Gasteiger partial charge in [-0.1, -0.05) is 22.0 Å². The number of thioether (sulfide) groups is 1. The fourth-order valence-corrected chi connectivity index (χ4v) is 2.49. The summed E-state index contributed by atoms with van der Waals surface area (Å²) in [5, 5.41) is 7.27. The highest BCUT2D eigenvalue weighted by Crippen LogP contribution is 2.25. The topological polar surface area (TPSA) is 103 Å². The van der Waals surface area contributed by atoms with Crippen LogP contribution in [-0.2, 0) is 9.53 Å². The number of benzene rings is 1. The number of hydrogen-bond acceptors (Lipinski definition) is 5. The van der Waals surface area contributed by atoms with Gasteiger partial charge in [0, 0.05) is 14.9 Å². The fourth-order valence-electron chi connectivity index (χ4n) is 1.09. The van der Waals surface area contributed by atoms with E-state index < -0.39 is 0 Å². The molecule has 0 saturated carbocycles. The number of nitrogens with two attached hydrogens (primary N) is 2. The molecule has 0 bridgehead atoms. The molecule has 1 aromatic carbocycles. The van der Waals surface area contributed by atoms with Crippen molar-refractivity contribution < 1.29 is 9.53 Å². The van der Waals surface area contributed by atoms with E-state index in [0.717, 1.165) is 14.9 Å². The summed E-state index contributed by atoms with van der Waals surface area (Å²) in [4.78, 5) is 12.0. The van der Waals surface area contributed by atoms with Gasteiger partial charge in [0.15, 0.2) is 0 Å². The molecule has 0 fully saturated rings. The van der Waals surface area contributed by atoms with E-state index in [-0.39, 0.29) is 17.7 Å². The maximum Gasteiger partial charge on any atom is 0.315 e. The first-order valence-corrected chi connectivity index (χ1v) is 6.92. The highest BCUT2D eigenvalue weighted by Gasteiger charge is 2.06. The molecule has 1 rings (SSSR count). The third-order valence-corrected chi connectivity index (χ3v) is 3.46. The monoisotopic (exact) mass is 344 g/mol. The van der Waals surface area contributed by atoms with Crippen molar-refractivity contribution in [2.45, 2.75) is 4.90 Å². The average molecular weight is 345 g/mol. The first-order chi connectivity index (χ1) is 9.02. The van der Waals surface area contributed by atoms with Gasteiger partial charge in [-0.25, -0.2) is 0 Å². The van der Waals surface area contributed by atoms with Crippen molar-refractivity contribution in [3.05, 3.63) is 28.2 Å². The van der Waals surface area contributed by atoms with E-state index in [1.165, 1.54) is 25.1 Å². The smallest absolute Gasteiger partial charge is 0.315 e. The molecule has 0 unspecified atom stereocenters. The van der Waals surface area contributed by atoms with E-state index in [0.29, 0.717) is 0 Å². The van der Waals surface area contributed by atoms with Crippen molar-refractivity contribution in [1.82, 2.24) is 0 Å². The van der Waals surface area contributed by atoms with E-state index in [9.17, 15) is 4.79 Å². The Kier molecular flexibility index (Phi) is 6.37. The largest absolute Gasteiger partial charge is 0.468 e. The molecule has 4 N–H and O–H groups in total. The fraction of sp³-hybridized carbons (Fsp3) is 0.182. The highest BCUT2D eigenvalue weighted by molar-refractivity contribution is 9.10. The number of hydrogen-bond donors (Lipinski definition) is 2. The minimum Gasteiger partial charge on any atom is -0.468 e. The second-order valence-electron chi connectivity index (χ2n) is 3.32. The van der Waals surface area contributed by atoms with Gasteiger partial charge in [-0.05, 0) is 12.1 Å². The molecule has 0 aromatic heterocycles. The quantitative estimate of drug-likeness (QED) is 0.275. The zero-order valence-electron chi connectivity index (χ0n) is 10.2. The third-order valence-electron chi connectivity index (χ3n) is 1.92. The van der Waals surface area contributed by atoms with Crippen molar-refractivity contribution in [3.63, 3.8) is 0 Å². The van der Waals surface area contributed by atoms with E-state index in [4.69, 9.17) is 11.5 Å². The predicted molar refractivity (Wildman–Crippen MR) is 80.3 cm³/mol. The minimum absolute atomic E-state index is 0.114. The lowest BCUT2D eigenvalue weighted by Gasteiger charge is -2.05. The number of carbonyl (C=O) groups excluding carboxylic acids is 1. The van der Waals surface area contributed by atoms with Crippen molar-refractivity contribution in [2.24, 2.45) is 21.7 Å². The third kappa shape index (κ3) is 5.75. The highest BCUT2D eigenvalue weighted by atomic mass is 79.9. The Bertz CT molecular complexity index is 515. The zero-order chi connectivity index (χ0) is 14.3. The second kappa shape index (κ2) is 7.80. The van der Waals surface area contributed by atoms with Gasteiger partial charge >= 0.3 is 5.97 Å². The zero-order valence-corrected chi connectivity index (χ0v) is 12.6. The molecular formula is C11H13BrN4O2S. The summed E-state index contributed by atoms with van der Waals surface area (Å²) in [7, 11) is 1.35. The molecule has 0 aliphatic heterocycles. The summed E-state index contributed by atoms with van der Waals surface area (Å²) in [5.41, 5.74) is 11.2. The lowest BCUT2D eigenvalue weighted by molar-refractivity contribution is -0.137. The number of nitrogens with zero attached hydrogens (tertiary/aromatic N) is 2. The summed E-state index contributed by atoms with van der Waals surface area (Å²) in [6, 6.07) is 5.58. The van der Waals surface area contributed by atoms with E-state index in [1.54, 1.807) is 0 Å². The van der Waals surface area contributed by atoms with Crippen LogP contribution in [0.15, 0.2) is 37.8 Å². The Balaban J connectivity index is 2.88. The molecular weight excluding hydrogens is 332 g/mol.